The molecular formula is C7H14N4O. The third-order valence-corrected chi connectivity index (χ3v) is 1.85. The highest BCUT2D eigenvalue weighted by atomic mass is 16.1. The number of nitrogens with one attached hydrogen (secondary N) is 1. The van der Waals surface area contributed by atoms with Crippen LogP contribution in [0.4, 0.5) is 0 Å². The minimum Gasteiger partial charge on any atom is -0.321 e. The zero-order valence-electron chi connectivity index (χ0n) is 7.37. The number of hydrogen-bond acceptors (Lipinski definition) is 3. The van der Waals surface area contributed by atoms with Gasteiger partial charge in [0, 0.05) is 7.05 Å². The molecule has 1 unspecified atom stereocenters. The molecular weight excluding hydrogens is 156 g/mol. The third kappa shape index (κ3) is 1.55. The van der Waals surface area contributed by atoms with Crippen LogP contribution in [0.5, 0.6) is 0 Å². The van der Waals surface area contributed by atoms with Gasteiger partial charge in [-0.2, -0.15) is 5.10 Å². The monoisotopic (exact) mass is 170 g/mol. The van der Waals surface area contributed by atoms with Crippen LogP contribution in [0.25, 0.3) is 0 Å². The van der Waals surface area contributed by atoms with Crippen LogP contribution in [0.2, 0.25) is 0 Å². The van der Waals surface area contributed by atoms with Crippen molar-refractivity contribution >= 4 is 0 Å². The molecule has 0 aliphatic heterocycles. The summed E-state index contributed by atoms with van der Waals surface area (Å²) in [6.45, 7) is 2.05. The second-order valence-electron chi connectivity index (χ2n) is 2.84. The highest BCUT2D eigenvalue weighted by Gasteiger charge is 2.11. The zero-order valence-corrected chi connectivity index (χ0v) is 7.37. The second kappa shape index (κ2) is 3.53. The van der Waals surface area contributed by atoms with E-state index >= 15 is 0 Å². The summed E-state index contributed by atoms with van der Waals surface area (Å²) in [7, 11) is 1.66. The Hall–Kier alpha value is -1.10. The molecule has 0 amide bonds. The summed E-state index contributed by atoms with van der Waals surface area (Å²) in [5.41, 5.74) is 5.57. The Morgan fingerprint density at radius 1 is 1.75 bits per heavy atom. The molecule has 0 aliphatic rings. The standard InChI is InChI=1S/C7H14N4O/c1-3-4-5(8)6-9-10-7(12)11(6)2/h5H,3-4,8H2,1-2H3,(H,10,12). The molecule has 0 aromatic carbocycles. The number of nitrogens with zero attached hydrogens (tertiary/aromatic N) is 2. The fraction of sp³-hybridized carbons (Fsp3) is 0.714. The maximum atomic E-state index is 10.9. The molecule has 0 fully saturated rings. The van der Waals surface area contributed by atoms with Crippen molar-refractivity contribution in [2.75, 3.05) is 0 Å². The molecule has 1 atom stereocenters. The van der Waals surface area contributed by atoms with Crippen molar-refractivity contribution in [3.63, 3.8) is 0 Å². The van der Waals surface area contributed by atoms with Crippen LogP contribution in [0.3, 0.4) is 0 Å². The predicted octanol–water partition coefficient (Wildman–Crippen LogP) is -0.0917. The van der Waals surface area contributed by atoms with Crippen LogP contribution in [-0.4, -0.2) is 14.8 Å². The first-order valence-electron chi connectivity index (χ1n) is 4.03. The Balaban J connectivity index is 2.87. The fourth-order valence-electron chi connectivity index (χ4n) is 1.13. The quantitative estimate of drug-likeness (QED) is 0.665. The number of aromatic amines is 1. The molecule has 0 saturated heterocycles. The van der Waals surface area contributed by atoms with E-state index in [9.17, 15) is 4.79 Å². The maximum absolute atomic E-state index is 10.9. The van der Waals surface area contributed by atoms with Crippen LogP contribution in [0, 0.1) is 0 Å². The van der Waals surface area contributed by atoms with Crippen molar-refractivity contribution in [2.45, 2.75) is 25.8 Å². The van der Waals surface area contributed by atoms with Crippen LogP contribution in [-0.2, 0) is 7.05 Å². The maximum Gasteiger partial charge on any atom is 0.343 e. The smallest absolute Gasteiger partial charge is 0.321 e. The van der Waals surface area contributed by atoms with E-state index in [0.717, 1.165) is 12.8 Å². The second-order valence-corrected chi connectivity index (χ2v) is 2.84. The summed E-state index contributed by atoms with van der Waals surface area (Å²) in [5, 5.41) is 6.19. The van der Waals surface area contributed by atoms with Gasteiger partial charge in [0.15, 0.2) is 0 Å². The number of rotatable bonds is 3. The van der Waals surface area contributed by atoms with Gasteiger partial charge in [0.25, 0.3) is 0 Å². The molecule has 0 saturated carbocycles. The van der Waals surface area contributed by atoms with Crippen LogP contribution in [0.1, 0.15) is 31.6 Å². The van der Waals surface area contributed by atoms with Gasteiger partial charge in [-0.25, -0.2) is 9.89 Å². The lowest BCUT2D eigenvalue weighted by Crippen LogP contribution is -2.20. The Kier molecular flexibility index (Phi) is 2.65. The van der Waals surface area contributed by atoms with Gasteiger partial charge < -0.3 is 5.73 Å². The molecule has 12 heavy (non-hydrogen) atoms. The summed E-state index contributed by atoms with van der Waals surface area (Å²) in [4.78, 5) is 10.9. The van der Waals surface area contributed by atoms with Crippen molar-refractivity contribution < 1.29 is 0 Å². The van der Waals surface area contributed by atoms with E-state index < -0.39 is 0 Å². The first-order valence-corrected chi connectivity index (χ1v) is 4.03. The number of nitrogens with two attached hydrogens (primary N) is 1. The average molecular weight is 170 g/mol. The van der Waals surface area contributed by atoms with Crippen molar-refractivity contribution in [1.82, 2.24) is 14.8 Å². The minimum absolute atomic E-state index is 0.140. The van der Waals surface area contributed by atoms with Crippen LogP contribution >= 0.6 is 0 Å². The van der Waals surface area contributed by atoms with Crippen molar-refractivity contribution in [1.29, 1.82) is 0 Å². The summed E-state index contributed by atoms with van der Waals surface area (Å²) in [6, 6.07) is -0.140. The number of hydrogen-bond donors (Lipinski definition) is 2. The minimum atomic E-state index is -0.212. The van der Waals surface area contributed by atoms with E-state index in [1.54, 1.807) is 7.05 Å². The molecule has 1 heterocycles. The Bertz CT molecular complexity index is 301. The SMILES string of the molecule is CCCC(N)c1n[nH]c(=O)n1C. The zero-order chi connectivity index (χ0) is 9.14. The van der Waals surface area contributed by atoms with E-state index in [0.29, 0.717) is 5.82 Å². The van der Waals surface area contributed by atoms with E-state index in [4.69, 9.17) is 5.73 Å². The number of H-pyrrole nitrogens is 1. The highest BCUT2D eigenvalue weighted by molar-refractivity contribution is 4.92. The molecule has 3 N–H and O–H groups in total. The predicted molar refractivity (Wildman–Crippen MR) is 45.7 cm³/mol. The van der Waals surface area contributed by atoms with E-state index in [-0.39, 0.29) is 11.7 Å². The summed E-state index contributed by atoms with van der Waals surface area (Å²) >= 11 is 0. The average Bonchev–Trinajstić information content (AvgIpc) is 2.34. The topological polar surface area (TPSA) is 76.7 Å². The highest BCUT2D eigenvalue weighted by Crippen LogP contribution is 2.09. The lowest BCUT2D eigenvalue weighted by Gasteiger charge is -2.07. The van der Waals surface area contributed by atoms with E-state index in [1.807, 2.05) is 6.92 Å². The Morgan fingerprint density at radius 3 is 2.83 bits per heavy atom. The molecule has 0 spiro atoms. The van der Waals surface area contributed by atoms with E-state index in [2.05, 4.69) is 10.2 Å². The molecule has 0 bridgehead atoms. The van der Waals surface area contributed by atoms with Crippen LogP contribution in [0.15, 0.2) is 4.79 Å². The van der Waals surface area contributed by atoms with Gasteiger partial charge >= 0.3 is 5.69 Å². The van der Waals surface area contributed by atoms with Crippen molar-refractivity contribution in [3.05, 3.63) is 16.3 Å². The van der Waals surface area contributed by atoms with Gasteiger partial charge in [0.1, 0.15) is 5.82 Å². The molecule has 1 aromatic rings. The molecule has 68 valence electrons. The summed E-state index contributed by atoms with van der Waals surface area (Å²) in [5.74, 6) is 0.627. The van der Waals surface area contributed by atoms with Crippen LogP contribution < -0.4 is 11.4 Å². The van der Waals surface area contributed by atoms with Gasteiger partial charge in [-0.1, -0.05) is 13.3 Å². The van der Waals surface area contributed by atoms with E-state index in [1.165, 1.54) is 4.57 Å². The van der Waals surface area contributed by atoms with Gasteiger partial charge in [0.05, 0.1) is 6.04 Å². The molecule has 0 radical (unpaired) electrons. The van der Waals surface area contributed by atoms with Gasteiger partial charge in [-0.15, -0.1) is 0 Å². The number of aromatic nitrogens is 3. The molecule has 1 rings (SSSR count). The van der Waals surface area contributed by atoms with Gasteiger partial charge in [0.2, 0.25) is 0 Å². The third-order valence-electron chi connectivity index (χ3n) is 1.85. The lowest BCUT2D eigenvalue weighted by molar-refractivity contribution is 0.575. The molecule has 5 nitrogen and oxygen atoms in total. The summed E-state index contributed by atoms with van der Waals surface area (Å²) < 4.78 is 1.44. The lowest BCUT2D eigenvalue weighted by atomic mass is 10.2. The van der Waals surface area contributed by atoms with Gasteiger partial charge in [-0.3, -0.25) is 4.57 Å². The Morgan fingerprint density at radius 2 is 2.42 bits per heavy atom. The normalized spacial score (nSPS) is 13.2. The van der Waals surface area contributed by atoms with Crippen molar-refractivity contribution in [3.8, 4) is 0 Å². The Labute approximate surface area is 70.6 Å². The molecule has 0 aliphatic carbocycles. The molecule has 5 heteroatoms. The van der Waals surface area contributed by atoms with Gasteiger partial charge in [-0.05, 0) is 6.42 Å². The first-order chi connectivity index (χ1) is 5.66. The fourth-order valence-corrected chi connectivity index (χ4v) is 1.13. The summed E-state index contributed by atoms with van der Waals surface area (Å²) in [6.07, 6.45) is 1.83. The molecule has 1 aromatic heterocycles. The first kappa shape index (κ1) is 8.99. The largest absolute Gasteiger partial charge is 0.343 e. The van der Waals surface area contributed by atoms with Crippen molar-refractivity contribution in [2.24, 2.45) is 12.8 Å².